The molecule has 2 fully saturated rings. The first kappa shape index (κ1) is 22.2. The summed E-state index contributed by atoms with van der Waals surface area (Å²) in [7, 11) is 2.10. The van der Waals surface area contributed by atoms with E-state index in [9.17, 15) is 0 Å². The number of aliphatic imine (C=N–C) groups is 1. The Labute approximate surface area is 196 Å². The summed E-state index contributed by atoms with van der Waals surface area (Å²) in [5, 5.41) is 1.23. The molecule has 2 unspecified atom stereocenters. The smallest absolute Gasteiger partial charge is 0.219 e. The standard InChI is InChI=1S/C25H27N3O.2ClH/c1-27-16-22(21-9-5-6-10-23(21)27)24-26-17-25(29-24)13-19-11-12-20(14-25)28(19)15-18-7-3-2-4-8-18;;/h2-10,16,19-20H,11-15,17H2,1H3;2*1H. The maximum absolute atomic E-state index is 6.69. The van der Waals surface area contributed by atoms with Gasteiger partial charge in [-0.3, -0.25) is 4.90 Å². The van der Waals surface area contributed by atoms with Crippen molar-refractivity contribution in [2.45, 2.75) is 49.9 Å². The predicted molar refractivity (Wildman–Crippen MR) is 131 cm³/mol. The van der Waals surface area contributed by atoms with Gasteiger partial charge in [-0.1, -0.05) is 48.5 Å². The van der Waals surface area contributed by atoms with Crippen LogP contribution in [-0.4, -0.2) is 39.6 Å². The highest BCUT2D eigenvalue weighted by molar-refractivity contribution is 6.07. The van der Waals surface area contributed by atoms with E-state index >= 15 is 0 Å². The summed E-state index contributed by atoms with van der Waals surface area (Å²) in [6.07, 6.45) is 6.92. The molecule has 4 heterocycles. The molecule has 0 amide bonds. The van der Waals surface area contributed by atoms with E-state index in [1.54, 1.807) is 0 Å². The molecule has 2 bridgehead atoms. The number of fused-ring (bicyclic) bond motifs is 3. The van der Waals surface area contributed by atoms with Crippen LogP contribution in [0.2, 0.25) is 0 Å². The number of halogens is 2. The maximum Gasteiger partial charge on any atom is 0.219 e. The summed E-state index contributed by atoms with van der Waals surface area (Å²) < 4.78 is 8.86. The highest BCUT2D eigenvalue weighted by Gasteiger charge is 2.52. The third-order valence-corrected chi connectivity index (χ3v) is 7.15. The van der Waals surface area contributed by atoms with Crippen LogP contribution in [0.5, 0.6) is 0 Å². The van der Waals surface area contributed by atoms with Crippen molar-refractivity contribution in [3.63, 3.8) is 0 Å². The summed E-state index contributed by atoms with van der Waals surface area (Å²) in [6.45, 7) is 1.86. The molecule has 2 saturated heterocycles. The van der Waals surface area contributed by atoms with Crippen LogP contribution >= 0.6 is 24.8 Å². The van der Waals surface area contributed by atoms with Crippen LogP contribution in [0.3, 0.4) is 0 Å². The molecule has 6 heteroatoms. The van der Waals surface area contributed by atoms with Crippen LogP contribution < -0.4 is 0 Å². The Morgan fingerprint density at radius 1 is 0.968 bits per heavy atom. The van der Waals surface area contributed by atoms with Gasteiger partial charge < -0.3 is 9.30 Å². The van der Waals surface area contributed by atoms with E-state index in [-0.39, 0.29) is 30.4 Å². The lowest BCUT2D eigenvalue weighted by Gasteiger charge is -2.43. The summed E-state index contributed by atoms with van der Waals surface area (Å²) in [6, 6.07) is 20.6. The molecule has 0 N–H and O–H groups in total. The molecule has 6 rings (SSSR count). The zero-order valence-electron chi connectivity index (χ0n) is 17.7. The summed E-state index contributed by atoms with van der Waals surface area (Å²) in [5.74, 6) is 0.845. The first-order chi connectivity index (χ1) is 14.2. The van der Waals surface area contributed by atoms with Gasteiger partial charge in [0.05, 0.1) is 12.1 Å². The van der Waals surface area contributed by atoms with Crippen molar-refractivity contribution in [3.8, 4) is 0 Å². The molecule has 0 radical (unpaired) electrons. The van der Waals surface area contributed by atoms with Gasteiger partial charge >= 0.3 is 0 Å². The minimum Gasteiger partial charge on any atom is -0.469 e. The molecule has 2 atom stereocenters. The van der Waals surface area contributed by atoms with Gasteiger partial charge in [0.2, 0.25) is 5.90 Å². The molecule has 31 heavy (non-hydrogen) atoms. The first-order valence-corrected chi connectivity index (χ1v) is 10.8. The number of aromatic nitrogens is 1. The molecule has 3 aromatic rings. The number of para-hydroxylation sites is 1. The summed E-state index contributed by atoms with van der Waals surface area (Å²) in [5.41, 5.74) is 3.68. The van der Waals surface area contributed by atoms with E-state index in [2.05, 4.69) is 77.3 Å². The fraction of sp³-hybridized carbons (Fsp3) is 0.400. The van der Waals surface area contributed by atoms with Crippen LogP contribution in [0.4, 0.5) is 0 Å². The summed E-state index contributed by atoms with van der Waals surface area (Å²) >= 11 is 0. The van der Waals surface area contributed by atoms with Gasteiger partial charge in [0.1, 0.15) is 5.60 Å². The Bertz CT molecular complexity index is 1080. The Hall–Kier alpha value is -2.01. The minimum atomic E-state index is -0.106. The second-order valence-corrected chi connectivity index (χ2v) is 9.03. The van der Waals surface area contributed by atoms with Crippen molar-refractivity contribution < 1.29 is 4.74 Å². The number of aryl methyl sites for hydroxylation is 1. The average Bonchev–Trinajstić information content (AvgIpc) is 3.37. The van der Waals surface area contributed by atoms with E-state index in [1.807, 2.05) is 0 Å². The van der Waals surface area contributed by atoms with Crippen molar-refractivity contribution in [1.29, 1.82) is 0 Å². The van der Waals surface area contributed by atoms with E-state index < -0.39 is 0 Å². The van der Waals surface area contributed by atoms with Crippen molar-refractivity contribution in [2.24, 2.45) is 12.0 Å². The fourth-order valence-electron chi connectivity index (χ4n) is 5.80. The van der Waals surface area contributed by atoms with Crippen LogP contribution in [0.25, 0.3) is 10.9 Å². The molecule has 0 saturated carbocycles. The molecule has 164 valence electrons. The zero-order valence-corrected chi connectivity index (χ0v) is 19.4. The topological polar surface area (TPSA) is 29.8 Å². The van der Waals surface area contributed by atoms with Crippen molar-refractivity contribution in [1.82, 2.24) is 9.47 Å². The number of hydrogen-bond donors (Lipinski definition) is 0. The monoisotopic (exact) mass is 457 g/mol. The molecule has 3 aliphatic rings. The van der Waals surface area contributed by atoms with Crippen molar-refractivity contribution in [2.75, 3.05) is 6.54 Å². The largest absolute Gasteiger partial charge is 0.469 e. The van der Waals surface area contributed by atoms with Crippen LogP contribution in [0.1, 0.15) is 36.8 Å². The third kappa shape index (κ3) is 3.75. The van der Waals surface area contributed by atoms with Gasteiger partial charge in [0.15, 0.2) is 0 Å². The number of benzene rings is 2. The number of piperidine rings is 1. The SMILES string of the molecule is Cl.Cl.Cn1cc(C2=NCC3(CC4CCC(C3)N4Cc3ccccc3)O2)c2ccccc21. The quantitative estimate of drug-likeness (QED) is 0.529. The van der Waals surface area contributed by atoms with Crippen LogP contribution in [0.15, 0.2) is 65.8 Å². The van der Waals surface area contributed by atoms with E-state index in [0.717, 1.165) is 37.4 Å². The Kier molecular flexibility index (Phi) is 6.08. The second-order valence-electron chi connectivity index (χ2n) is 9.03. The molecule has 1 spiro atoms. The number of nitrogens with zero attached hydrogens (tertiary/aromatic N) is 3. The Morgan fingerprint density at radius 2 is 1.65 bits per heavy atom. The molecule has 1 aromatic heterocycles. The van der Waals surface area contributed by atoms with Gasteiger partial charge in [-0.05, 0) is 24.5 Å². The number of hydrogen-bond acceptors (Lipinski definition) is 3. The van der Waals surface area contributed by atoms with Gasteiger partial charge in [0.25, 0.3) is 0 Å². The first-order valence-electron chi connectivity index (χ1n) is 10.8. The highest BCUT2D eigenvalue weighted by Crippen LogP contribution is 2.45. The van der Waals surface area contributed by atoms with Crippen molar-refractivity contribution in [3.05, 3.63) is 71.9 Å². The fourth-order valence-corrected chi connectivity index (χ4v) is 5.80. The number of ether oxygens (including phenoxy) is 1. The molecule has 3 aliphatic heterocycles. The average molecular weight is 458 g/mol. The molecular formula is C25H29Cl2N3O. The van der Waals surface area contributed by atoms with E-state index in [4.69, 9.17) is 9.73 Å². The molecule has 2 aromatic carbocycles. The normalized spacial score (nSPS) is 26.9. The number of rotatable bonds is 3. The molecule has 4 nitrogen and oxygen atoms in total. The second kappa shape index (κ2) is 8.50. The van der Waals surface area contributed by atoms with Gasteiger partial charge in [-0.25, -0.2) is 4.99 Å². The minimum absolute atomic E-state index is 0. The van der Waals surface area contributed by atoms with E-state index in [1.165, 1.54) is 29.3 Å². The maximum atomic E-state index is 6.69. The highest BCUT2D eigenvalue weighted by atomic mass is 35.5. The lowest BCUT2D eigenvalue weighted by Crippen LogP contribution is -2.52. The van der Waals surface area contributed by atoms with Gasteiger partial charge in [0, 0.05) is 55.6 Å². The third-order valence-electron chi connectivity index (χ3n) is 7.15. The Morgan fingerprint density at radius 3 is 2.39 bits per heavy atom. The predicted octanol–water partition coefficient (Wildman–Crippen LogP) is 5.36. The molecular weight excluding hydrogens is 429 g/mol. The van der Waals surface area contributed by atoms with Gasteiger partial charge in [-0.2, -0.15) is 0 Å². The van der Waals surface area contributed by atoms with E-state index in [0.29, 0.717) is 12.1 Å². The lowest BCUT2D eigenvalue weighted by atomic mass is 9.86. The zero-order chi connectivity index (χ0) is 19.4. The van der Waals surface area contributed by atoms with Crippen LogP contribution in [-0.2, 0) is 18.3 Å². The van der Waals surface area contributed by atoms with Crippen molar-refractivity contribution >= 4 is 41.6 Å². The lowest BCUT2D eigenvalue weighted by molar-refractivity contribution is -0.0245. The Balaban J connectivity index is 0.00000116. The molecule has 0 aliphatic carbocycles. The summed E-state index contributed by atoms with van der Waals surface area (Å²) in [4.78, 5) is 7.64. The van der Waals surface area contributed by atoms with Gasteiger partial charge in [-0.15, -0.1) is 24.8 Å². The van der Waals surface area contributed by atoms with Crippen LogP contribution in [0, 0.1) is 0 Å².